The smallest absolute Gasteiger partial charge is 0.330 e. The predicted octanol–water partition coefficient (Wildman–Crippen LogP) is 1.82. The molecule has 1 aromatic heterocycles. The van der Waals surface area contributed by atoms with Crippen molar-refractivity contribution < 1.29 is 14.7 Å². The molecule has 126 valence electrons. The molecule has 1 aliphatic rings. The monoisotopic (exact) mass is 355 g/mol. The molecule has 1 fully saturated rings. The molecule has 0 saturated carbocycles. The number of nitrogens with zero attached hydrogens (tertiary/aromatic N) is 2. The van der Waals surface area contributed by atoms with Crippen LogP contribution in [0.1, 0.15) is 29.8 Å². The van der Waals surface area contributed by atoms with Gasteiger partial charge < -0.3 is 10.4 Å². The van der Waals surface area contributed by atoms with Gasteiger partial charge in [0, 0.05) is 23.6 Å². The number of carboxylic acid groups (broad SMARTS) is 1. The summed E-state index contributed by atoms with van der Waals surface area (Å²) in [5, 5.41) is 12.8. The number of nitrogens with one attached hydrogen (secondary N) is 1. The second kappa shape index (κ2) is 7.53. The summed E-state index contributed by atoms with van der Waals surface area (Å²) < 4.78 is 0. The Morgan fingerprint density at radius 3 is 2.48 bits per heavy atom. The number of hydrogen-bond donors (Lipinski definition) is 2. The highest BCUT2D eigenvalue weighted by Crippen LogP contribution is 2.28. The van der Waals surface area contributed by atoms with Crippen LogP contribution < -0.4 is 5.32 Å². The van der Waals surface area contributed by atoms with E-state index >= 15 is 0 Å². The van der Waals surface area contributed by atoms with E-state index in [4.69, 9.17) is 0 Å². The van der Waals surface area contributed by atoms with E-state index in [2.05, 4.69) is 15.3 Å². The molecular formula is C15H21N3O3S2. The summed E-state index contributed by atoms with van der Waals surface area (Å²) >= 11 is 3.04. The first-order valence-electron chi connectivity index (χ1n) is 7.38. The van der Waals surface area contributed by atoms with Gasteiger partial charge in [-0.2, -0.15) is 11.8 Å². The van der Waals surface area contributed by atoms with E-state index in [9.17, 15) is 14.7 Å². The van der Waals surface area contributed by atoms with Gasteiger partial charge in [0.25, 0.3) is 0 Å². The number of carbonyl (C=O) groups excluding carboxylic acids is 1. The number of carboxylic acids is 1. The van der Waals surface area contributed by atoms with Gasteiger partial charge in [-0.3, -0.25) is 4.79 Å². The molecule has 1 unspecified atom stereocenters. The first kappa shape index (κ1) is 18.1. The molecular weight excluding hydrogens is 334 g/mol. The lowest BCUT2D eigenvalue weighted by Crippen LogP contribution is -2.54. The van der Waals surface area contributed by atoms with Gasteiger partial charge in [-0.1, -0.05) is 11.8 Å². The Hall–Kier alpha value is -1.28. The molecule has 1 aliphatic heterocycles. The summed E-state index contributed by atoms with van der Waals surface area (Å²) in [6, 6.07) is 0. The third-order valence-corrected chi connectivity index (χ3v) is 5.73. The molecule has 0 aromatic carbocycles. The normalized spacial score (nSPS) is 20.5. The number of hydrogen-bond acceptors (Lipinski definition) is 6. The summed E-state index contributed by atoms with van der Waals surface area (Å²) in [6.07, 6.45) is 3.15. The van der Waals surface area contributed by atoms with Crippen LogP contribution in [0.5, 0.6) is 0 Å². The fourth-order valence-corrected chi connectivity index (χ4v) is 4.40. The number of rotatable bonds is 6. The molecule has 23 heavy (non-hydrogen) atoms. The lowest BCUT2D eigenvalue weighted by molar-refractivity contribution is -0.146. The number of aromatic nitrogens is 2. The molecule has 1 amide bonds. The third kappa shape index (κ3) is 4.17. The summed E-state index contributed by atoms with van der Waals surface area (Å²) in [4.78, 5) is 32.5. The first-order chi connectivity index (χ1) is 10.9. The minimum absolute atomic E-state index is 0.234. The largest absolute Gasteiger partial charge is 0.479 e. The molecule has 2 rings (SSSR count). The van der Waals surface area contributed by atoms with Crippen LogP contribution in [0.3, 0.4) is 0 Å². The Kier molecular flexibility index (Phi) is 5.91. The molecule has 2 N–H and O–H groups in total. The summed E-state index contributed by atoms with van der Waals surface area (Å²) in [7, 11) is 0. The number of aryl methyl sites for hydroxylation is 2. The minimum Gasteiger partial charge on any atom is -0.479 e. The average molecular weight is 355 g/mol. The average Bonchev–Trinajstić information content (AvgIpc) is 2.96. The Morgan fingerprint density at radius 1 is 1.35 bits per heavy atom. The maximum absolute atomic E-state index is 12.2. The fraction of sp³-hybridized carbons (Fsp3) is 0.600. The second-order valence-electron chi connectivity index (χ2n) is 5.60. The fourth-order valence-electron chi connectivity index (χ4n) is 2.62. The lowest BCUT2D eigenvalue weighted by Gasteiger charge is -2.24. The van der Waals surface area contributed by atoms with Crippen molar-refractivity contribution in [2.45, 2.75) is 43.8 Å². The van der Waals surface area contributed by atoms with E-state index in [1.165, 1.54) is 11.8 Å². The third-order valence-electron chi connectivity index (χ3n) is 3.99. The van der Waals surface area contributed by atoms with E-state index in [0.29, 0.717) is 18.6 Å². The van der Waals surface area contributed by atoms with E-state index in [0.717, 1.165) is 27.9 Å². The second-order valence-corrected chi connectivity index (χ2v) is 7.48. The van der Waals surface area contributed by atoms with Gasteiger partial charge in [-0.05, 0) is 44.3 Å². The highest BCUT2D eigenvalue weighted by Gasteiger charge is 2.43. The number of thioether (sulfide) groups is 2. The molecule has 0 radical (unpaired) electrons. The molecule has 2 heterocycles. The number of carbonyl (C=O) groups is 2. The molecule has 0 spiro atoms. The standard InChI is InChI=1S/C15H21N3O3S2/c1-9-11(10(2)17-14(16-9)22-3)4-5-12(19)18-15(13(20)21)6-7-23-8-15/h4-8H2,1-3H3,(H,18,19)(H,20,21). The van der Waals surface area contributed by atoms with Crippen molar-refractivity contribution in [2.75, 3.05) is 17.8 Å². The van der Waals surface area contributed by atoms with Crippen LogP contribution in [-0.4, -0.2) is 50.3 Å². The summed E-state index contributed by atoms with van der Waals surface area (Å²) in [5.41, 5.74) is 1.60. The van der Waals surface area contributed by atoms with Gasteiger partial charge in [-0.15, -0.1) is 0 Å². The first-order valence-corrected chi connectivity index (χ1v) is 9.76. The van der Waals surface area contributed by atoms with Crippen molar-refractivity contribution in [3.8, 4) is 0 Å². The summed E-state index contributed by atoms with van der Waals surface area (Å²) in [5.74, 6) is 0.00501. The van der Waals surface area contributed by atoms with Crippen LogP contribution >= 0.6 is 23.5 Å². The SMILES string of the molecule is CSc1nc(C)c(CCC(=O)NC2(C(=O)O)CCSC2)c(C)n1. The molecule has 1 atom stereocenters. The Bertz CT molecular complexity index is 593. The van der Waals surface area contributed by atoms with Crippen molar-refractivity contribution in [1.82, 2.24) is 15.3 Å². The maximum Gasteiger partial charge on any atom is 0.330 e. The van der Waals surface area contributed by atoms with Crippen molar-refractivity contribution in [3.05, 3.63) is 17.0 Å². The van der Waals surface area contributed by atoms with Gasteiger partial charge in [0.05, 0.1) is 0 Å². The van der Waals surface area contributed by atoms with E-state index in [1.807, 2.05) is 20.1 Å². The zero-order valence-corrected chi connectivity index (χ0v) is 15.1. The van der Waals surface area contributed by atoms with Crippen LogP contribution in [-0.2, 0) is 16.0 Å². The van der Waals surface area contributed by atoms with Gasteiger partial charge >= 0.3 is 5.97 Å². The van der Waals surface area contributed by atoms with Crippen LogP contribution in [0.25, 0.3) is 0 Å². The zero-order valence-electron chi connectivity index (χ0n) is 13.5. The van der Waals surface area contributed by atoms with Gasteiger partial charge in [0.1, 0.15) is 5.54 Å². The maximum atomic E-state index is 12.2. The molecule has 8 heteroatoms. The highest BCUT2D eigenvalue weighted by molar-refractivity contribution is 7.99. The topological polar surface area (TPSA) is 92.2 Å². The van der Waals surface area contributed by atoms with Crippen LogP contribution in [0.15, 0.2) is 5.16 Å². The minimum atomic E-state index is -1.11. The van der Waals surface area contributed by atoms with Crippen molar-refractivity contribution >= 4 is 35.4 Å². The van der Waals surface area contributed by atoms with Crippen molar-refractivity contribution in [3.63, 3.8) is 0 Å². The van der Waals surface area contributed by atoms with Crippen LogP contribution in [0.2, 0.25) is 0 Å². The number of amides is 1. The van der Waals surface area contributed by atoms with Gasteiger partial charge in [-0.25, -0.2) is 14.8 Å². The van der Waals surface area contributed by atoms with Gasteiger partial charge in [0.15, 0.2) is 5.16 Å². The Labute approximate surface area is 144 Å². The molecule has 0 bridgehead atoms. The van der Waals surface area contributed by atoms with Crippen LogP contribution in [0, 0.1) is 13.8 Å². The Morgan fingerprint density at radius 2 is 2.00 bits per heavy atom. The molecule has 1 saturated heterocycles. The lowest BCUT2D eigenvalue weighted by atomic mass is 9.98. The van der Waals surface area contributed by atoms with Crippen molar-refractivity contribution in [1.29, 1.82) is 0 Å². The van der Waals surface area contributed by atoms with E-state index in [-0.39, 0.29) is 12.3 Å². The highest BCUT2D eigenvalue weighted by atomic mass is 32.2. The number of aliphatic carboxylic acids is 1. The molecule has 6 nitrogen and oxygen atoms in total. The van der Waals surface area contributed by atoms with Crippen molar-refractivity contribution in [2.24, 2.45) is 0 Å². The van der Waals surface area contributed by atoms with E-state index < -0.39 is 11.5 Å². The zero-order chi connectivity index (χ0) is 17.0. The molecule has 1 aromatic rings. The quantitative estimate of drug-likeness (QED) is 0.594. The predicted molar refractivity (Wildman–Crippen MR) is 92.1 cm³/mol. The summed E-state index contributed by atoms with van der Waals surface area (Å²) in [6.45, 7) is 3.82. The van der Waals surface area contributed by atoms with Gasteiger partial charge in [0.2, 0.25) is 5.91 Å². The van der Waals surface area contributed by atoms with E-state index in [1.54, 1.807) is 11.8 Å². The molecule has 0 aliphatic carbocycles. The Balaban J connectivity index is 2.01. The van der Waals surface area contributed by atoms with Crippen LogP contribution in [0.4, 0.5) is 0 Å².